The van der Waals surface area contributed by atoms with Crippen molar-refractivity contribution in [2.45, 2.75) is 12.5 Å². The maximum atomic E-state index is 10.6. The summed E-state index contributed by atoms with van der Waals surface area (Å²) < 4.78 is 0. The van der Waals surface area contributed by atoms with Crippen LogP contribution in [0.4, 0.5) is 0 Å². The highest BCUT2D eigenvalue weighted by atomic mass is 16.5. The molecule has 2 N–H and O–H groups in total. The smallest absolute Gasteiger partial charge is 0.139 e. The molecule has 0 fully saturated rings. The van der Waals surface area contributed by atoms with Gasteiger partial charge in [-0.05, 0) is 24.1 Å². The Kier molecular flexibility index (Phi) is 3.62. The van der Waals surface area contributed by atoms with Gasteiger partial charge in [-0.15, -0.1) is 0 Å². The number of rotatable bonds is 4. The Morgan fingerprint density at radius 3 is 2.43 bits per heavy atom. The summed E-state index contributed by atoms with van der Waals surface area (Å²) >= 11 is 0. The lowest BCUT2D eigenvalue weighted by Crippen LogP contribution is -2.31. The van der Waals surface area contributed by atoms with Gasteiger partial charge in [0, 0.05) is 7.05 Å². The van der Waals surface area contributed by atoms with Crippen molar-refractivity contribution < 1.29 is 15.1 Å². The molecule has 4 nitrogen and oxygen atoms in total. The van der Waals surface area contributed by atoms with Crippen LogP contribution < -0.4 is 0 Å². The summed E-state index contributed by atoms with van der Waals surface area (Å²) in [4.78, 5) is 10.6. The summed E-state index contributed by atoms with van der Waals surface area (Å²) in [5, 5.41) is 19.0. The van der Waals surface area contributed by atoms with Crippen molar-refractivity contribution in [2.24, 2.45) is 0 Å². The highest BCUT2D eigenvalue weighted by Crippen LogP contribution is 2.11. The first-order valence-electron chi connectivity index (χ1n) is 4.28. The molecule has 0 aliphatic heterocycles. The van der Waals surface area contributed by atoms with E-state index in [4.69, 9.17) is 10.3 Å². The van der Waals surface area contributed by atoms with Crippen molar-refractivity contribution in [3.05, 3.63) is 29.8 Å². The van der Waals surface area contributed by atoms with Crippen LogP contribution in [0.15, 0.2) is 24.3 Å². The first kappa shape index (κ1) is 10.7. The van der Waals surface area contributed by atoms with E-state index in [2.05, 4.69) is 0 Å². The Morgan fingerprint density at radius 1 is 1.43 bits per heavy atom. The summed E-state index contributed by atoms with van der Waals surface area (Å²) in [7, 11) is 1.43. The number of hydrogen-bond donors (Lipinski definition) is 2. The lowest BCUT2D eigenvalue weighted by Gasteiger charge is -2.16. The minimum atomic E-state index is -0.542. The van der Waals surface area contributed by atoms with Gasteiger partial charge in [-0.1, -0.05) is 12.1 Å². The number of aldehydes is 1. The van der Waals surface area contributed by atoms with Crippen LogP contribution in [0.3, 0.4) is 0 Å². The van der Waals surface area contributed by atoms with Crippen LogP contribution in [-0.4, -0.2) is 34.8 Å². The van der Waals surface area contributed by atoms with Gasteiger partial charge in [0.2, 0.25) is 0 Å². The predicted octanol–water partition coefficient (Wildman–Crippen LogP) is 0.823. The number of hydroxylamine groups is 2. The normalized spacial score (nSPS) is 12.8. The summed E-state index contributed by atoms with van der Waals surface area (Å²) in [6.07, 6.45) is 1.11. The molecule has 76 valence electrons. The third kappa shape index (κ3) is 2.83. The highest BCUT2D eigenvalue weighted by Gasteiger charge is 2.11. The van der Waals surface area contributed by atoms with E-state index in [1.165, 1.54) is 7.05 Å². The molecule has 0 aliphatic carbocycles. The quantitative estimate of drug-likeness (QED) is 0.551. The number of aromatic hydroxyl groups is 1. The van der Waals surface area contributed by atoms with E-state index in [0.717, 1.165) is 10.6 Å². The van der Waals surface area contributed by atoms with Crippen LogP contribution in [0, 0.1) is 0 Å². The molecule has 0 heterocycles. The Balaban J connectivity index is 2.67. The Bertz CT molecular complexity index is 295. The van der Waals surface area contributed by atoms with Gasteiger partial charge in [-0.25, -0.2) is 0 Å². The molecular formula is C10H13NO3. The molecule has 1 aromatic rings. The molecule has 1 aromatic carbocycles. The molecule has 0 spiro atoms. The van der Waals surface area contributed by atoms with E-state index in [1.54, 1.807) is 24.3 Å². The maximum Gasteiger partial charge on any atom is 0.139 e. The second-order valence-corrected chi connectivity index (χ2v) is 3.15. The molecule has 14 heavy (non-hydrogen) atoms. The second kappa shape index (κ2) is 4.74. The molecule has 4 heteroatoms. The van der Waals surface area contributed by atoms with E-state index in [9.17, 15) is 4.79 Å². The molecule has 0 saturated heterocycles. The van der Waals surface area contributed by atoms with E-state index in [0.29, 0.717) is 12.7 Å². The molecule has 0 aromatic heterocycles. The lowest BCUT2D eigenvalue weighted by molar-refractivity contribution is -0.133. The van der Waals surface area contributed by atoms with E-state index < -0.39 is 6.04 Å². The van der Waals surface area contributed by atoms with Gasteiger partial charge in [0.1, 0.15) is 12.0 Å². The fourth-order valence-electron chi connectivity index (χ4n) is 1.14. The van der Waals surface area contributed by atoms with E-state index >= 15 is 0 Å². The van der Waals surface area contributed by atoms with Gasteiger partial charge in [0.15, 0.2) is 0 Å². The van der Waals surface area contributed by atoms with Gasteiger partial charge in [0.25, 0.3) is 0 Å². The summed E-state index contributed by atoms with van der Waals surface area (Å²) in [5.74, 6) is 0.189. The summed E-state index contributed by atoms with van der Waals surface area (Å²) in [6, 6.07) is 5.99. The predicted molar refractivity (Wildman–Crippen MR) is 51.2 cm³/mol. The topological polar surface area (TPSA) is 60.8 Å². The van der Waals surface area contributed by atoms with Crippen molar-refractivity contribution in [3.8, 4) is 5.75 Å². The summed E-state index contributed by atoms with van der Waals surface area (Å²) in [6.45, 7) is 0. The number of carbonyl (C=O) groups is 1. The number of phenols is 1. The maximum absolute atomic E-state index is 10.6. The second-order valence-electron chi connectivity index (χ2n) is 3.15. The first-order chi connectivity index (χ1) is 6.63. The lowest BCUT2D eigenvalue weighted by atomic mass is 10.1. The van der Waals surface area contributed by atoms with Crippen LogP contribution in [-0.2, 0) is 11.2 Å². The van der Waals surface area contributed by atoms with Crippen molar-refractivity contribution in [1.29, 1.82) is 0 Å². The average molecular weight is 195 g/mol. The highest BCUT2D eigenvalue weighted by molar-refractivity contribution is 5.58. The van der Waals surface area contributed by atoms with Crippen LogP contribution in [0.5, 0.6) is 5.75 Å². The fraction of sp³-hybridized carbons (Fsp3) is 0.300. The SMILES string of the molecule is CN(O)C(C=O)Cc1ccc(O)cc1. The zero-order valence-corrected chi connectivity index (χ0v) is 7.92. The number of likely N-dealkylation sites (N-methyl/N-ethyl adjacent to an activating group) is 1. The number of benzene rings is 1. The third-order valence-electron chi connectivity index (χ3n) is 2.02. The Morgan fingerprint density at radius 2 is 2.00 bits per heavy atom. The number of nitrogens with zero attached hydrogens (tertiary/aromatic N) is 1. The molecule has 0 aliphatic rings. The van der Waals surface area contributed by atoms with Gasteiger partial charge in [0.05, 0.1) is 6.04 Å². The van der Waals surface area contributed by atoms with Crippen LogP contribution in [0.25, 0.3) is 0 Å². The van der Waals surface area contributed by atoms with E-state index in [1.807, 2.05) is 0 Å². The standard InChI is InChI=1S/C10H13NO3/c1-11(14)9(7-12)6-8-2-4-10(13)5-3-8/h2-5,7,9,13-14H,6H2,1H3. The third-order valence-corrected chi connectivity index (χ3v) is 2.02. The first-order valence-corrected chi connectivity index (χ1v) is 4.28. The van der Waals surface area contributed by atoms with Gasteiger partial charge < -0.3 is 15.1 Å². The molecule has 1 atom stereocenters. The molecular weight excluding hydrogens is 182 g/mol. The fourth-order valence-corrected chi connectivity index (χ4v) is 1.14. The molecule has 1 rings (SSSR count). The molecule has 1 unspecified atom stereocenters. The van der Waals surface area contributed by atoms with Gasteiger partial charge in [-0.2, -0.15) is 5.06 Å². The van der Waals surface area contributed by atoms with Crippen LogP contribution in [0.2, 0.25) is 0 Å². The zero-order valence-electron chi connectivity index (χ0n) is 7.92. The molecule has 0 bridgehead atoms. The average Bonchev–Trinajstić information content (AvgIpc) is 2.16. The number of carbonyl (C=O) groups excluding carboxylic acids is 1. The minimum Gasteiger partial charge on any atom is -0.508 e. The Hall–Kier alpha value is -1.39. The van der Waals surface area contributed by atoms with Crippen molar-refractivity contribution in [2.75, 3.05) is 7.05 Å². The Labute approximate surface area is 82.4 Å². The van der Waals surface area contributed by atoms with Crippen molar-refractivity contribution in [3.63, 3.8) is 0 Å². The van der Waals surface area contributed by atoms with Crippen molar-refractivity contribution >= 4 is 6.29 Å². The molecule has 0 radical (unpaired) electrons. The zero-order chi connectivity index (χ0) is 10.6. The van der Waals surface area contributed by atoms with Gasteiger partial charge >= 0.3 is 0 Å². The van der Waals surface area contributed by atoms with E-state index in [-0.39, 0.29) is 5.75 Å². The largest absolute Gasteiger partial charge is 0.508 e. The monoisotopic (exact) mass is 195 g/mol. The van der Waals surface area contributed by atoms with Crippen LogP contribution in [0.1, 0.15) is 5.56 Å². The molecule has 0 amide bonds. The van der Waals surface area contributed by atoms with Crippen LogP contribution >= 0.6 is 0 Å². The van der Waals surface area contributed by atoms with Gasteiger partial charge in [-0.3, -0.25) is 0 Å². The summed E-state index contributed by atoms with van der Waals surface area (Å²) in [5.41, 5.74) is 0.890. The number of hydrogen-bond acceptors (Lipinski definition) is 4. The van der Waals surface area contributed by atoms with Crippen molar-refractivity contribution in [1.82, 2.24) is 5.06 Å². The molecule has 0 saturated carbocycles. The number of phenolic OH excluding ortho intramolecular Hbond substituents is 1. The minimum absolute atomic E-state index is 0.189.